The topological polar surface area (TPSA) is 135 Å². The molecule has 1 amide bonds. The first-order chi connectivity index (χ1) is 21.4. The lowest BCUT2D eigenvalue weighted by Crippen LogP contribution is -2.43. The number of nitriles is 1. The molecule has 5 heterocycles. The number of rotatable bonds is 6. The van der Waals surface area contributed by atoms with Crippen molar-refractivity contribution in [1.82, 2.24) is 20.3 Å². The van der Waals surface area contributed by atoms with E-state index in [-0.39, 0.29) is 68.8 Å². The number of nitrogens with one attached hydrogen (secondary N) is 2. The average molecular weight is 638 g/mol. The van der Waals surface area contributed by atoms with Gasteiger partial charge >= 0.3 is 6.09 Å². The zero-order chi connectivity index (χ0) is 32.2. The SMILES string of the molecule is CO[C@@H]1CN(c2ncc3c4c(c(-c5ncc(F)c6sc(NC(=O)OC(C)(C)C)c(C#N)c56)c(F)c3n2)COC4)C[C@@H]1NC(C)C. The highest BCUT2D eigenvalue weighted by Gasteiger charge is 2.36. The molecule has 14 heteroatoms. The number of pyridine rings is 1. The predicted molar refractivity (Wildman–Crippen MR) is 166 cm³/mol. The van der Waals surface area contributed by atoms with Crippen LogP contribution in [0.2, 0.25) is 0 Å². The zero-order valence-corrected chi connectivity index (χ0v) is 26.6. The molecule has 4 aromatic rings. The maximum Gasteiger partial charge on any atom is 0.412 e. The van der Waals surface area contributed by atoms with Gasteiger partial charge in [0.2, 0.25) is 5.95 Å². The second-order valence-corrected chi connectivity index (χ2v) is 13.4. The van der Waals surface area contributed by atoms with Gasteiger partial charge < -0.3 is 24.4 Å². The average Bonchev–Trinajstić information content (AvgIpc) is 3.70. The number of methoxy groups -OCH3 is 1. The van der Waals surface area contributed by atoms with Gasteiger partial charge in [-0.3, -0.25) is 10.3 Å². The highest BCUT2D eigenvalue weighted by Crippen LogP contribution is 2.46. The number of hydrogen-bond acceptors (Lipinski definition) is 11. The third kappa shape index (κ3) is 5.65. The maximum atomic E-state index is 16.8. The van der Waals surface area contributed by atoms with E-state index in [2.05, 4.69) is 45.5 Å². The van der Waals surface area contributed by atoms with Crippen molar-refractivity contribution in [3.8, 4) is 17.3 Å². The number of carbonyl (C=O) groups excluding carboxylic acids is 1. The van der Waals surface area contributed by atoms with E-state index in [0.29, 0.717) is 35.6 Å². The lowest BCUT2D eigenvalue weighted by Gasteiger charge is -2.20. The van der Waals surface area contributed by atoms with E-state index in [0.717, 1.165) is 17.5 Å². The lowest BCUT2D eigenvalue weighted by molar-refractivity contribution is 0.0636. The number of ether oxygens (including phenoxy) is 3. The van der Waals surface area contributed by atoms with Crippen molar-refractivity contribution in [2.45, 2.75) is 71.6 Å². The second kappa shape index (κ2) is 11.7. The molecule has 11 nitrogen and oxygen atoms in total. The van der Waals surface area contributed by atoms with Crippen LogP contribution in [0.1, 0.15) is 51.3 Å². The summed E-state index contributed by atoms with van der Waals surface area (Å²) in [7, 11) is 1.66. The Balaban J connectivity index is 1.50. The third-order valence-electron chi connectivity index (χ3n) is 7.72. The number of halogens is 2. The normalized spacial score (nSPS) is 18.2. The molecule has 2 aliphatic heterocycles. The van der Waals surface area contributed by atoms with Crippen LogP contribution >= 0.6 is 11.3 Å². The summed E-state index contributed by atoms with van der Waals surface area (Å²) in [6.07, 6.45) is 1.68. The maximum absolute atomic E-state index is 16.8. The van der Waals surface area contributed by atoms with Gasteiger partial charge in [0, 0.05) is 48.8 Å². The molecule has 2 atom stereocenters. The molecule has 236 valence electrons. The molecule has 1 fully saturated rings. The minimum atomic E-state index is -0.806. The van der Waals surface area contributed by atoms with Crippen molar-refractivity contribution in [1.29, 1.82) is 5.26 Å². The first kappa shape index (κ1) is 31.0. The quantitative estimate of drug-likeness (QED) is 0.274. The molecule has 0 spiro atoms. The van der Waals surface area contributed by atoms with E-state index >= 15 is 8.78 Å². The van der Waals surface area contributed by atoms with Gasteiger partial charge in [0.25, 0.3) is 0 Å². The molecule has 6 rings (SSSR count). The van der Waals surface area contributed by atoms with Gasteiger partial charge in [0.1, 0.15) is 22.2 Å². The molecule has 0 unspecified atom stereocenters. The summed E-state index contributed by atoms with van der Waals surface area (Å²) in [6.45, 7) is 10.6. The van der Waals surface area contributed by atoms with Crippen molar-refractivity contribution in [2.75, 3.05) is 30.4 Å². The Morgan fingerprint density at radius 1 is 1.20 bits per heavy atom. The van der Waals surface area contributed by atoms with E-state index in [4.69, 9.17) is 14.2 Å². The minimum Gasteiger partial charge on any atom is -0.444 e. The van der Waals surface area contributed by atoms with Crippen LogP contribution in [0.3, 0.4) is 0 Å². The molecular formula is C31H33F2N7O4S. The van der Waals surface area contributed by atoms with Gasteiger partial charge in [-0.25, -0.2) is 23.5 Å². The first-order valence-electron chi connectivity index (χ1n) is 14.5. The van der Waals surface area contributed by atoms with Gasteiger partial charge in [0.15, 0.2) is 11.6 Å². The number of thiophene rings is 1. The molecule has 0 bridgehead atoms. The summed E-state index contributed by atoms with van der Waals surface area (Å²) in [5, 5.41) is 16.9. The molecule has 45 heavy (non-hydrogen) atoms. The van der Waals surface area contributed by atoms with Crippen molar-refractivity contribution < 1.29 is 27.8 Å². The van der Waals surface area contributed by atoms with E-state index in [1.165, 1.54) is 0 Å². The Morgan fingerprint density at radius 3 is 2.64 bits per heavy atom. The fourth-order valence-corrected chi connectivity index (χ4v) is 6.96. The van der Waals surface area contributed by atoms with Crippen LogP contribution in [-0.2, 0) is 27.4 Å². The van der Waals surface area contributed by atoms with Gasteiger partial charge in [-0.2, -0.15) is 5.26 Å². The summed E-state index contributed by atoms with van der Waals surface area (Å²) < 4.78 is 48.8. The molecule has 0 saturated carbocycles. The Kier molecular flexibility index (Phi) is 8.07. The number of nitrogens with zero attached hydrogens (tertiary/aromatic N) is 5. The molecule has 2 N–H and O–H groups in total. The molecule has 2 aliphatic rings. The van der Waals surface area contributed by atoms with Crippen LogP contribution in [0.25, 0.3) is 32.2 Å². The molecule has 1 aromatic carbocycles. The molecule has 0 aliphatic carbocycles. The third-order valence-corrected chi connectivity index (χ3v) is 8.83. The summed E-state index contributed by atoms with van der Waals surface area (Å²) in [5.41, 5.74) is 0.557. The highest BCUT2D eigenvalue weighted by molar-refractivity contribution is 7.23. The number of hydrogen-bond donors (Lipinski definition) is 2. The standard InChI is InChI=1S/C31H33F2N7O4S/c1-14(2)37-20-10-40(11-21(20)42-6)29-36-8-16-17-12-43-13-18(17)22(24(33)25(16)38-29)26-23-15(7-34)28(39-30(41)44-31(3,4)5)45-27(23)19(32)9-35-26/h8-9,14,20-21,37H,10-13H2,1-6H3,(H,39,41)/t20-,21+/m0/s1. The number of amides is 1. The van der Waals surface area contributed by atoms with Crippen LogP contribution in [0.15, 0.2) is 12.4 Å². The smallest absolute Gasteiger partial charge is 0.412 e. The number of aromatic nitrogens is 3. The van der Waals surface area contributed by atoms with Gasteiger partial charge in [-0.1, -0.05) is 13.8 Å². The van der Waals surface area contributed by atoms with Gasteiger partial charge in [0.05, 0.1) is 47.5 Å². The number of benzene rings is 1. The van der Waals surface area contributed by atoms with Crippen LogP contribution in [-0.4, -0.2) is 65.0 Å². The van der Waals surface area contributed by atoms with E-state index < -0.39 is 23.3 Å². The fourth-order valence-electron chi connectivity index (χ4n) is 5.92. The Morgan fingerprint density at radius 2 is 1.96 bits per heavy atom. The van der Waals surface area contributed by atoms with Crippen molar-refractivity contribution in [3.63, 3.8) is 0 Å². The summed E-state index contributed by atoms with van der Waals surface area (Å²) in [5.74, 6) is -1.05. The molecule has 1 saturated heterocycles. The van der Waals surface area contributed by atoms with Crippen molar-refractivity contribution in [2.24, 2.45) is 0 Å². The van der Waals surface area contributed by atoms with E-state index in [1.54, 1.807) is 34.1 Å². The van der Waals surface area contributed by atoms with Crippen molar-refractivity contribution in [3.05, 3.63) is 40.7 Å². The van der Waals surface area contributed by atoms with Crippen LogP contribution < -0.4 is 15.5 Å². The summed E-state index contributed by atoms with van der Waals surface area (Å²) in [4.78, 5) is 28.1. The van der Waals surface area contributed by atoms with Crippen LogP contribution in [0.5, 0.6) is 0 Å². The van der Waals surface area contributed by atoms with E-state index in [1.807, 2.05) is 4.90 Å². The minimum absolute atomic E-state index is 0.0336. The highest BCUT2D eigenvalue weighted by atomic mass is 32.1. The van der Waals surface area contributed by atoms with Gasteiger partial charge in [-0.05, 0) is 31.9 Å². The molecule has 0 radical (unpaired) electrons. The number of fused-ring (bicyclic) bond motifs is 4. The Bertz CT molecular complexity index is 1870. The largest absolute Gasteiger partial charge is 0.444 e. The fraction of sp³-hybridized carbons (Fsp3) is 0.452. The lowest BCUT2D eigenvalue weighted by atomic mass is 9.94. The Hall–Kier alpha value is -4.03. The monoisotopic (exact) mass is 637 g/mol. The molecule has 3 aromatic heterocycles. The summed E-state index contributed by atoms with van der Waals surface area (Å²) >= 11 is 0.854. The first-order valence-corrected chi connectivity index (χ1v) is 15.3. The van der Waals surface area contributed by atoms with Gasteiger partial charge in [-0.15, -0.1) is 11.3 Å². The molecular weight excluding hydrogens is 604 g/mol. The zero-order valence-electron chi connectivity index (χ0n) is 25.7. The second-order valence-electron chi connectivity index (χ2n) is 12.4. The van der Waals surface area contributed by atoms with Crippen molar-refractivity contribution >= 4 is 49.4 Å². The summed E-state index contributed by atoms with van der Waals surface area (Å²) in [6, 6.07) is 2.32. The van der Waals surface area contributed by atoms with Crippen LogP contribution in [0, 0.1) is 23.0 Å². The number of carbonyl (C=O) groups is 1. The van der Waals surface area contributed by atoms with Crippen LogP contribution in [0.4, 0.5) is 24.5 Å². The Labute approximate surface area is 262 Å². The predicted octanol–water partition coefficient (Wildman–Crippen LogP) is 5.64. The van der Waals surface area contributed by atoms with E-state index in [9.17, 15) is 10.1 Å². The number of anilines is 2.